The van der Waals surface area contributed by atoms with Gasteiger partial charge in [0.05, 0.1) is 5.92 Å². The van der Waals surface area contributed by atoms with Gasteiger partial charge in [0, 0.05) is 54.8 Å². The van der Waals surface area contributed by atoms with E-state index in [1.54, 1.807) is 18.5 Å². The molecule has 4 rings (SSSR count). The molecule has 3 aromatic rings. The van der Waals surface area contributed by atoms with E-state index >= 15 is 0 Å². The van der Waals surface area contributed by atoms with Crippen molar-refractivity contribution in [2.75, 3.05) is 24.5 Å². The van der Waals surface area contributed by atoms with Gasteiger partial charge >= 0.3 is 0 Å². The molecule has 0 radical (unpaired) electrons. The molecule has 1 N–H and O–H groups in total. The Hall–Kier alpha value is -2.41. The maximum absolute atomic E-state index is 12.6. The van der Waals surface area contributed by atoms with Crippen LogP contribution in [0.4, 0.5) is 5.95 Å². The molecule has 1 fully saturated rings. The number of carbonyl (C=O) groups excluding carboxylic acids is 1. The van der Waals surface area contributed by atoms with E-state index in [1.807, 2.05) is 6.07 Å². The summed E-state index contributed by atoms with van der Waals surface area (Å²) in [6.45, 7) is 2.95. The number of hydrogen-bond donors (Lipinski definition) is 1. The number of nitrogens with zero attached hydrogens (tertiary/aromatic N) is 4. The first-order valence-corrected chi connectivity index (χ1v) is 10.0. The minimum atomic E-state index is -0.0156. The van der Waals surface area contributed by atoms with Gasteiger partial charge in [0.1, 0.15) is 0 Å². The number of halogens is 1. The van der Waals surface area contributed by atoms with Gasteiger partial charge in [-0.05, 0) is 42.5 Å². The molecule has 27 heavy (non-hydrogen) atoms. The van der Waals surface area contributed by atoms with Crippen LogP contribution in [-0.2, 0) is 11.3 Å². The number of fused-ring (bicyclic) bond motifs is 1. The van der Waals surface area contributed by atoms with Crippen LogP contribution >= 0.6 is 15.9 Å². The number of piperidine rings is 1. The van der Waals surface area contributed by atoms with Gasteiger partial charge < -0.3 is 14.8 Å². The number of aromatic nitrogens is 3. The van der Waals surface area contributed by atoms with Crippen molar-refractivity contribution in [3.63, 3.8) is 0 Å². The summed E-state index contributed by atoms with van der Waals surface area (Å²) in [6, 6.07) is 10.1. The minimum Gasteiger partial charge on any atom is -0.354 e. The first kappa shape index (κ1) is 18.0. The smallest absolute Gasteiger partial charge is 0.225 e. The van der Waals surface area contributed by atoms with E-state index in [0.717, 1.165) is 30.4 Å². The molecule has 140 valence electrons. The molecular formula is C20H22BrN5O. The van der Waals surface area contributed by atoms with Gasteiger partial charge in [0.25, 0.3) is 0 Å². The highest BCUT2D eigenvalue weighted by Gasteiger charge is 2.26. The van der Waals surface area contributed by atoms with Gasteiger partial charge in [0.15, 0.2) is 0 Å². The third kappa shape index (κ3) is 4.13. The molecule has 1 saturated heterocycles. The highest BCUT2D eigenvalue weighted by Crippen LogP contribution is 2.21. The Morgan fingerprint density at radius 3 is 2.96 bits per heavy atom. The van der Waals surface area contributed by atoms with Crippen LogP contribution in [0.25, 0.3) is 10.9 Å². The molecule has 7 heteroatoms. The molecule has 3 heterocycles. The van der Waals surface area contributed by atoms with Crippen molar-refractivity contribution in [2.24, 2.45) is 5.92 Å². The fraction of sp³-hybridized carbons (Fsp3) is 0.350. The largest absolute Gasteiger partial charge is 0.354 e. The molecule has 1 aliphatic heterocycles. The van der Waals surface area contributed by atoms with Crippen molar-refractivity contribution in [1.29, 1.82) is 0 Å². The lowest BCUT2D eigenvalue weighted by Gasteiger charge is -2.31. The number of hydrogen-bond acceptors (Lipinski definition) is 4. The van der Waals surface area contributed by atoms with E-state index in [1.165, 1.54) is 10.9 Å². The van der Waals surface area contributed by atoms with Crippen LogP contribution in [0.3, 0.4) is 0 Å². The third-order valence-electron chi connectivity index (χ3n) is 5.02. The minimum absolute atomic E-state index is 0.0156. The predicted octanol–water partition coefficient (Wildman–Crippen LogP) is 3.23. The van der Waals surface area contributed by atoms with Crippen LogP contribution in [0.5, 0.6) is 0 Å². The zero-order valence-electron chi connectivity index (χ0n) is 15.0. The summed E-state index contributed by atoms with van der Waals surface area (Å²) in [4.78, 5) is 23.3. The molecule has 6 nitrogen and oxygen atoms in total. The number of carbonyl (C=O) groups is 1. The molecule has 0 spiro atoms. The topological polar surface area (TPSA) is 63.1 Å². The lowest BCUT2D eigenvalue weighted by molar-refractivity contribution is -0.125. The van der Waals surface area contributed by atoms with E-state index < -0.39 is 0 Å². The number of anilines is 1. The number of rotatable bonds is 5. The zero-order valence-corrected chi connectivity index (χ0v) is 16.6. The Labute approximate surface area is 166 Å². The van der Waals surface area contributed by atoms with Gasteiger partial charge in [-0.15, -0.1) is 0 Å². The van der Waals surface area contributed by atoms with Gasteiger partial charge in [-0.3, -0.25) is 4.79 Å². The number of nitrogens with one attached hydrogen (secondary N) is 1. The molecule has 0 bridgehead atoms. The highest BCUT2D eigenvalue weighted by molar-refractivity contribution is 9.10. The molecule has 1 atom stereocenters. The van der Waals surface area contributed by atoms with Crippen molar-refractivity contribution in [3.05, 3.63) is 53.4 Å². The molecule has 0 saturated carbocycles. The average molecular weight is 428 g/mol. The summed E-state index contributed by atoms with van der Waals surface area (Å²) in [6.07, 6.45) is 7.44. The molecule has 1 aromatic carbocycles. The van der Waals surface area contributed by atoms with Crippen LogP contribution < -0.4 is 10.2 Å². The fourth-order valence-electron chi connectivity index (χ4n) is 3.62. The van der Waals surface area contributed by atoms with Crippen molar-refractivity contribution >= 4 is 38.7 Å². The monoisotopic (exact) mass is 427 g/mol. The molecule has 0 aliphatic carbocycles. The third-order valence-corrected chi connectivity index (χ3v) is 5.51. The molecule has 2 aromatic heterocycles. The predicted molar refractivity (Wildman–Crippen MR) is 110 cm³/mol. The normalized spacial score (nSPS) is 17.2. The van der Waals surface area contributed by atoms with E-state index in [9.17, 15) is 4.79 Å². The van der Waals surface area contributed by atoms with E-state index in [4.69, 9.17) is 0 Å². The Kier molecular flexibility index (Phi) is 5.38. The van der Waals surface area contributed by atoms with Gasteiger partial charge in [-0.2, -0.15) is 0 Å². The maximum Gasteiger partial charge on any atom is 0.225 e. The summed E-state index contributed by atoms with van der Waals surface area (Å²) < 4.78 is 3.23. The Morgan fingerprint density at radius 1 is 1.26 bits per heavy atom. The first-order chi connectivity index (χ1) is 13.2. The van der Waals surface area contributed by atoms with Crippen LogP contribution in [0.15, 0.2) is 53.4 Å². The summed E-state index contributed by atoms with van der Waals surface area (Å²) in [5.41, 5.74) is 1.17. The molecule has 1 amide bonds. The fourth-order valence-corrected chi connectivity index (χ4v) is 3.97. The second kappa shape index (κ2) is 8.08. The Morgan fingerprint density at radius 2 is 2.11 bits per heavy atom. The Bertz CT molecular complexity index is 927. The van der Waals surface area contributed by atoms with Crippen LogP contribution in [0, 0.1) is 5.92 Å². The van der Waals surface area contributed by atoms with Crippen molar-refractivity contribution < 1.29 is 4.79 Å². The lowest BCUT2D eigenvalue weighted by atomic mass is 9.97. The van der Waals surface area contributed by atoms with E-state index in [2.05, 4.69) is 65.1 Å². The standard InChI is InChI=1S/C20H22BrN5O/c21-17-5-4-15-6-11-25(18(15)13-17)12-9-22-19(27)16-3-1-10-26(14-16)20-23-7-2-8-24-20/h2,4-8,11,13,16H,1,3,9-10,12,14H2,(H,22,27). The second-order valence-corrected chi connectivity index (χ2v) is 7.75. The molecule has 1 unspecified atom stereocenters. The molecule has 1 aliphatic rings. The highest BCUT2D eigenvalue weighted by atomic mass is 79.9. The molecular weight excluding hydrogens is 406 g/mol. The Balaban J connectivity index is 1.33. The second-order valence-electron chi connectivity index (χ2n) is 6.84. The van der Waals surface area contributed by atoms with Crippen molar-refractivity contribution in [1.82, 2.24) is 19.9 Å². The quantitative estimate of drug-likeness (QED) is 0.678. The zero-order chi connectivity index (χ0) is 18.6. The summed E-state index contributed by atoms with van der Waals surface area (Å²) in [7, 11) is 0. The first-order valence-electron chi connectivity index (χ1n) is 9.25. The summed E-state index contributed by atoms with van der Waals surface area (Å²) in [5.74, 6) is 0.811. The number of benzene rings is 1. The van der Waals surface area contributed by atoms with E-state index in [0.29, 0.717) is 19.0 Å². The van der Waals surface area contributed by atoms with Gasteiger partial charge in [0.2, 0.25) is 11.9 Å². The summed E-state index contributed by atoms with van der Waals surface area (Å²) >= 11 is 3.52. The average Bonchev–Trinajstić information content (AvgIpc) is 3.11. The van der Waals surface area contributed by atoms with Crippen molar-refractivity contribution in [3.8, 4) is 0 Å². The van der Waals surface area contributed by atoms with E-state index in [-0.39, 0.29) is 11.8 Å². The number of amides is 1. The van der Waals surface area contributed by atoms with Crippen LogP contribution in [0.2, 0.25) is 0 Å². The summed E-state index contributed by atoms with van der Waals surface area (Å²) in [5, 5.41) is 4.31. The van der Waals surface area contributed by atoms with Gasteiger partial charge in [-0.25, -0.2) is 9.97 Å². The maximum atomic E-state index is 12.6. The van der Waals surface area contributed by atoms with Crippen LogP contribution in [-0.4, -0.2) is 40.1 Å². The van der Waals surface area contributed by atoms with Crippen molar-refractivity contribution in [2.45, 2.75) is 19.4 Å². The van der Waals surface area contributed by atoms with Gasteiger partial charge in [-0.1, -0.05) is 22.0 Å². The van der Waals surface area contributed by atoms with Crippen LogP contribution in [0.1, 0.15) is 12.8 Å². The SMILES string of the molecule is O=C(NCCn1ccc2ccc(Br)cc21)C1CCCN(c2ncccn2)C1. The lowest BCUT2D eigenvalue weighted by Crippen LogP contribution is -2.44.